The number of benzene rings is 1. The minimum Gasteiger partial charge on any atom is -0.494 e. The zero-order valence-electron chi connectivity index (χ0n) is 22.4. The lowest BCUT2D eigenvalue weighted by Crippen LogP contribution is -2.38. The van der Waals surface area contributed by atoms with Crippen LogP contribution in [0.25, 0.3) is 17.2 Å². The average molecular weight is 555 g/mol. The molecule has 0 unspecified atom stereocenters. The molecule has 4 aromatic rings. The molecule has 0 aliphatic rings. The largest absolute Gasteiger partial charge is 0.494 e. The zero-order chi connectivity index (χ0) is 28.2. The summed E-state index contributed by atoms with van der Waals surface area (Å²) in [5.74, 6) is 1.62. The second-order valence-corrected chi connectivity index (χ2v) is 10.5. The van der Waals surface area contributed by atoms with Crippen LogP contribution in [0.5, 0.6) is 17.4 Å². The molecular weight excluding hydrogens is 524 g/mol. The number of sulfonamides is 1. The van der Waals surface area contributed by atoms with Crippen molar-refractivity contribution in [3.63, 3.8) is 0 Å². The van der Waals surface area contributed by atoms with E-state index < -0.39 is 21.3 Å². The Kier molecular flexibility index (Phi) is 8.26. The molecule has 2 atom stereocenters. The van der Waals surface area contributed by atoms with Crippen molar-refractivity contribution in [1.82, 2.24) is 35.0 Å². The number of para-hydroxylation sites is 1. The molecule has 0 aliphatic carbocycles. The quantitative estimate of drug-likeness (QED) is 0.281. The Bertz CT molecular complexity index is 1520. The normalized spacial score (nSPS) is 13.0. The third-order valence-electron chi connectivity index (χ3n) is 6.03. The van der Waals surface area contributed by atoms with Gasteiger partial charge in [-0.25, -0.2) is 23.4 Å². The fraction of sp³-hybridized carbons (Fsp3) is 0.320. The van der Waals surface area contributed by atoms with Crippen LogP contribution in [0, 0.1) is 6.92 Å². The number of aryl methyl sites for hydroxylation is 1. The van der Waals surface area contributed by atoms with Crippen LogP contribution in [-0.2, 0) is 10.0 Å². The van der Waals surface area contributed by atoms with Crippen LogP contribution in [0.3, 0.4) is 0 Å². The first-order valence-electron chi connectivity index (χ1n) is 11.9. The Balaban J connectivity index is 1.85. The number of aromatic nitrogens is 6. The Morgan fingerprint density at radius 1 is 0.923 bits per heavy atom. The average Bonchev–Trinajstić information content (AvgIpc) is 3.35. The molecule has 2 N–H and O–H groups in total. The number of nitrogens with one attached hydrogen (secondary N) is 2. The third kappa shape index (κ3) is 5.61. The van der Waals surface area contributed by atoms with Crippen molar-refractivity contribution < 1.29 is 22.6 Å². The monoisotopic (exact) mass is 554 g/mol. The van der Waals surface area contributed by atoms with Crippen molar-refractivity contribution in [3.8, 4) is 34.6 Å². The van der Waals surface area contributed by atoms with Gasteiger partial charge < -0.3 is 19.5 Å². The highest BCUT2D eigenvalue weighted by atomic mass is 32.2. The number of rotatable bonds is 11. The van der Waals surface area contributed by atoms with Gasteiger partial charge in [0.1, 0.15) is 34.0 Å². The molecule has 3 heterocycles. The first kappa shape index (κ1) is 27.7. The summed E-state index contributed by atoms with van der Waals surface area (Å²) in [7, 11) is 2.06. The minimum absolute atomic E-state index is 0.0936. The predicted octanol–water partition coefficient (Wildman–Crippen LogP) is 2.54. The number of nitrogens with zero attached hydrogens (tertiary/aromatic N) is 6. The van der Waals surface area contributed by atoms with Gasteiger partial charge in [0.25, 0.3) is 0 Å². The molecule has 4 rings (SSSR count). The SMILES string of the molecule is CN[C@@H](c1ncc(C)cn1)[C@@H](C)S(=O)(=O)Nc1nnc(-c2cccc(OC)n2)n1-c1c(OC)cccc1OC. The van der Waals surface area contributed by atoms with E-state index >= 15 is 0 Å². The van der Waals surface area contributed by atoms with E-state index in [1.54, 1.807) is 62.8 Å². The minimum atomic E-state index is -4.08. The topological polar surface area (TPSA) is 155 Å². The smallest absolute Gasteiger partial charge is 0.243 e. The molecule has 0 fully saturated rings. The van der Waals surface area contributed by atoms with Crippen molar-refractivity contribution in [3.05, 3.63) is 60.2 Å². The molecule has 0 amide bonds. The van der Waals surface area contributed by atoms with Gasteiger partial charge in [0, 0.05) is 18.5 Å². The van der Waals surface area contributed by atoms with Gasteiger partial charge in [-0.05, 0) is 44.7 Å². The van der Waals surface area contributed by atoms with E-state index in [0.717, 1.165) is 5.56 Å². The van der Waals surface area contributed by atoms with Crippen LogP contribution in [0.15, 0.2) is 48.8 Å². The molecule has 3 aromatic heterocycles. The summed E-state index contributed by atoms with van der Waals surface area (Å²) in [6, 6.07) is 9.60. The molecule has 13 nitrogen and oxygen atoms in total. The number of ether oxygens (including phenoxy) is 3. The first-order valence-corrected chi connectivity index (χ1v) is 13.4. The Morgan fingerprint density at radius 2 is 1.56 bits per heavy atom. The molecule has 0 bridgehead atoms. The molecule has 0 aliphatic heterocycles. The van der Waals surface area contributed by atoms with Crippen LogP contribution in [0.2, 0.25) is 0 Å². The van der Waals surface area contributed by atoms with Crippen molar-refractivity contribution in [2.24, 2.45) is 0 Å². The molecule has 39 heavy (non-hydrogen) atoms. The molecule has 14 heteroatoms. The highest BCUT2D eigenvalue weighted by Crippen LogP contribution is 2.38. The van der Waals surface area contributed by atoms with Gasteiger partial charge in [0.2, 0.25) is 21.9 Å². The lowest BCUT2D eigenvalue weighted by atomic mass is 10.2. The Hall–Kier alpha value is -4.30. The standard InChI is InChI=1S/C25H30N8O5S/c1-15-13-27-23(28-14-15)21(26-3)16(2)39(34,35)32-25-31-30-24(17-9-7-12-20(29-17)38-6)33(25)22-18(36-4)10-8-11-19(22)37-5/h7-14,16,21,26H,1-6H3,(H,31,32)/t16-,21-/m1/s1. The first-order chi connectivity index (χ1) is 18.7. The molecular formula is C25H30N8O5S. The maximum atomic E-state index is 13.7. The van der Waals surface area contributed by atoms with E-state index in [-0.39, 0.29) is 11.8 Å². The van der Waals surface area contributed by atoms with E-state index in [9.17, 15) is 8.42 Å². The third-order valence-corrected chi connectivity index (χ3v) is 7.75. The molecule has 0 saturated carbocycles. The lowest BCUT2D eigenvalue weighted by molar-refractivity contribution is 0.391. The predicted molar refractivity (Wildman–Crippen MR) is 145 cm³/mol. The van der Waals surface area contributed by atoms with Gasteiger partial charge >= 0.3 is 0 Å². The molecule has 1 aromatic carbocycles. The summed E-state index contributed by atoms with van der Waals surface area (Å²) in [6.07, 6.45) is 3.27. The van der Waals surface area contributed by atoms with E-state index in [1.165, 1.54) is 25.9 Å². The maximum Gasteiger partial charge on any atom is 0.243 e. The fourth-order valence-electron chi connectivity index (χ4n) is 3.97. The van der Waals surface area contributed by atoms with E-state index in [4.69, 9.17) is 14.2 Å². The summed E-state index contributed by atoms with van der Waals surface area (Å²) in [6.45, 7) is 3.41. The van der Waals surface area contributed by atoms with Crippen molar-refractivity contribution in [2.45, 2.75) is 25.1 Å². The highest BCUT2D eigenvalue weighted by molar-refractivity contribution is 7.93. The van der Waals surface area contributed by atoms with Gasteiger partial charge in [0.05, 0.1) is 27.4 Å². The van der Waals surface area contributed by atoms with Crippen molar-refractivity contribution in [2.75, 3.05) is 33.1 Å². The van der Waals surface area contributed by atoms with Crippen LogP contribution in [0.4, 0.5) is 5.95 Å². The van der Waals surface area contributed by atoms with Gasteiger partial charge in [-0.2, -0.15) is 0 Å². The van der Waals surface area contributed by atoms with Gasteiger partial charge in [0.15, 0.2) is 5.82 Å². The summed E-state index contributed by atoms with van der Waals surface area (Å²) in [5.41, 5.74) is 1.62. The van der Waals surface area contributed by atoms with Gasteiger partial charge in [-0.15, -0.1) is 10.2 Å². The van der Waals surface area contributed by atoms with Gasteiger partial charge in [-0.1, -0.05) is 12.1 Å². The number of pyridine rings is 1. The highest BCUT2D eigenvalue weighted by Gasteiger charge is 2.34. The van der Waals surface area contributed by atoms with Crippen LogP contribution in [0.1, 0.15) is 24.4 Å². The Morgan fingerprint density at radius 3 is 2.15 bits per heavy atom. The lowest BCUT2D eigenvalue weighted by Gasteiger charge is -2.23. The van der Waals surface area contributed by atoms with Gasteiger partial charge in [-0.3, -0.25) is 9.29 Å². The number of methoxy groups -OCH3 is 3. The second kappa shape index (κ2) is 11.6. The molecule has 0 spiro atoms. The van der Waals surface area contributed by atoms with Crippen LogP contribution >= 0.6 is 0 Å². The number of anilines is 1. The van der Waals surface area contributed by atoms with Crippen molar-refractivity contribution in [1.29, 1.82) is 0 Å². The van der Waals surface area contributed by atoms with E-state index in [2.05, 4.69) is 35.2 Å². The van der Waals surface area contributed by atoms with Crippen LogP contribution in [-0.4, -0.2) is 71.8 Å². The van der Waals surface area contributed by atoms with E-state index in [0.29, 0.717) is 34.6 Å². The maximum absolute atomic E-state index is 13.7. The van der Waals surface area contributed by atoms with Crippen LogP contribution < -0.4 is 24.2 Å². The zero-order valence-corrected chi connectivity index (χ0v) is 23.2. The number of hydrogen-bond acceptors (Lipinski definition) is 11. The molecule has 0 saturated heterocycles. The summed E-state index contributed by atoms with van der Waals surface area (Å²) >= 11 is 0. The summed E-state index contributed by atoms with van der Waals surface area (Å²) in [5, 5.41) is 10.5. The van der Waals surface area contributed by atoms with E-state index in [1.807, 2.05) is 6.92 Å². The molecule has 0 radical (unpaired) electrons. The Labute approximate surface area is 226 Å². The van der Waals surface area contributed by atoms with Crippen molar-refractivity contribution >= 4 is 16.0 Å². The molecule has 206 valence electrons. The second-order valence-electron chi connectivity index (χ2n) is 8.50. The summed E-state index contributed by atoms with van der Waals surface area (Å²) in [4.78, 5) is 13.1. The number of hydrogen-bond donors (Lipinski definition) is 2. The summed E-state index contributed by atoms with van der Waals surface area (Å²) < 4.78 is 47.9. The fourth-order valence-corrected chi connectivity index (χ4v) is 5.16.